The molecular weight excluding hydrogens is 394 g/mol. The SMILES string of the molecule is Cc1cc(NC(=O)CSCC(=O)NCC(C)(C)c2ccc3c(c2)OCCO3)no1. The number of hydrogen-bond acceptors (Lipinski definition) is 7. The fourth-order valence-electron chi connectivity index (χ4n) is 2.78. The minimum absolute atomic E-state index is 0.120. The summed E-state index contributed by atoms with van der Waals surface area (Å²) < 4.78 is 16.1. The van der Waals surface area contributed by atoms with Crippen molar-refractivity contribution >= 4 is 29.4 Å². The molecule has 9 heteroatoms. The molecule has 0 unspecified atom stereocenters. The van der Waals surface area contributed by atoms with E-state index in [0.717, 1.165) is 17.1 Å². The van der Waals surface area contributed by atoms with Gasteiger partial charge in [0.25, 0.3) is 0 Å². The Hall–Kier alpha value is -2.68. The number of hydrogen-bond donors (Lipinski definition) is 2. The highest BCUT2D eigenvalue weighted by atomic mass is 32.2. The number of rotatable bonds is 8. The molecule has 0 spiro atoms. The van der Waals surface area contributed by atoms with E-state index in [1.54, 1.807) is 13.0 Å². The predicted octanol–water partition coefficient (Wildman–Crippen LogP) is 2.52. The highest BCUT2D eigenvalue weighted by Crippen LogP contribution is 2.34. The van der Waals surface area contributed by atoms with Crippen LogP contribution in [0.5, 0.6) is 11.5 Å². The number of amides is 2. The summed E-state index contributed by atoms with van der Waals surface area (Å²) in [6, 6.07) is 7.49. The molecule has 1 aliphatic heterocycles. The van der Waals surface area contributed by atoms with E-state index < -0.39 is 0 Å². The van der Waals surface area contributed by atoms with Crippen LogP contribution in [0, 0.1) is 6.92 Å². The Balaban J connectivity index is 1.41. The van der Waals surface area contributed by atoms with Crippen molar-refractivity contribution in [1.82, 2.24) is 10.5 Å². The molecule has 0 fully saturated rings. The fourth-order valence-corrected chi connectivity index (χ4v) is 3.42. The predicted molar refractivity (Wildman–Crippen MR) is 111 cm³/mol. The second kappa shape index (κ2) is 9.21. The highest BCUT2D eigenvalue weighted by Gasteiger charge is 2.24. The van der Waals surface area contributed by atoms with Crippen LogP contribution in [0.25, 0.3) is 0 Å². The largest absolute Gasteiger partial charge is 0.486 e. The molecule has 2 N–H and O–H groups in total. The van der Waals surface area contributed by atoms with Crippen molar-refractivity contribution < 1.29 is 23.6 Å². The Bertz CT molecular complexity index is 881. The van der Waals surface area contributed by atoms with Crippen molar-refractivity contribution in [2.75, 3.05) is 36.6 Å². The van der Waals surface area contributed by atoms with Gasteiger partial charge >= 0.3 is 0 Å². The maximum absolute atomic E-state index is 12.2. The first-order chi connectivity index (χ1) is 13.8. The maximum atomic E-state index is 12.2. The minimum atomic E-state index is -0.279. The van der Waals surface area contributed by atoms with Gasteiger partial charge in [0.15, 0.2) is 17.3 Å². The summed E-state index contributed by atoms with van der Waals surface area (Å²) in [6.45, 7) is 7.41. The quantitative estimate of drug-likeness (QED) is 0.678. The van der Waals surface area contributed by atoms with E-state index in [2.05, 4.69) is 29.6 Å². The van der Waals surface area contributed by atoms with Crippen LogP contribution in [0.1, 0.15) is 25.2 Å². The Kier molecular flexibility index (Phi) is 6.68. The van der Waals surface area contributed by atoms with Crippen molar-refractivity contribution in [3.63, 3.8) is 0 Å². The Morgan fingerprint density at radius 1 is 1.10 bits per heavy atom. The normalized spacial score (nSPS) is 13.1. The lowest BCUT2D eigenvalue weighted by molar-refractivity contribution is -0.118. The molecular formula is C20H25N3O5S. The summed E-state index contributed by atoms with van der Waals surface area (Å²) in [5.74, 6) is 2.48. The first-order valence-electron chi connectivity index (χ1n) is 9.31. The molecule has 1 aromatic heterocycles. The zero-order valence-electron chi connectivity index (χ0n) is 16.7. The van der Waals surface area contributed by atoms with E-state index in [9.17, 15) is 9.59 Å². The highest BCUT2D eigenvalue weighted by molar-refractivity contribution is 8.00. The summed E-state index contributed by atoms with van der Waals surface area (Å²) >= 11 is 1.24. The topological polar surface area (TPSA) is 103 Å². The smallest absolute Gasteiger partial charge is 0.235 e. The Morgan fingerprint density at radius 3 is 2.55 bits per heavy atom. The van der Waals surface area contributed by atoms with Crippen molar-refractivity contribution in [2.24, 2.45) is 0 Å². The molecule has 2 heterocycles. The lowest BCUT2D eigenvalue weighted by atomic mass is 9.84. The molecule has 1 aliphatic rings. The van der Waals surface area contributed by atoms with Gasteiger partial charge in [-0.15, -0.1) is 11.8 Å². The van der Waals surface area contributed by atoms with Crippen molar-refractivity contribution in [2.45, 2.75) is 26.2 Å². The van der Waals surface area contributed by atoms with Crippen LogP contribution in [0.4, 0.5) is 5.82 Å². The first-order valence-corrected chi connectivity index (χ1v) is 10.5. The third-order valence-corrected chi connectivity index (χ3v) is 5.35. The molecule has 0 atom stereocenters. The van der Waals surface area contributed by atoms with Gasteiger partial charge in [0.1, 0.15) is 19.0 Å². The van der Waals surface area contributed by atoms with Gasteiger partial charge in [-0.3, -0.25) is 9.59 Å². The lowest BCUT2D eigenvalue weighted by Gasteiger charge is -2.27. The molecule has 0 bridgehead atoms. The van der Waals surface area contributed by atoms with E-state index in [1.807, 2.05) is 18.2 Å². The van der Waals surface area contributed by atoms with Crippen LogP contribution in [-0.2, 0) is 15.0 Å². The molecule has 0 radical (unpaired) electrons. The number of ether oxygens (including phenoxy) is 2. The summed E-state index contributed by atoms with van der Waals surface area (Å²) in [5.41, 5.74) is 0.773. The zero-order valence-corrected chi connectivity index (χ0v) is 17.6. The number of benzene rings is 1. The second-order valence-corrected chi connectivity index (χ2v) is 8.37. The van der Waals surface area contributed by atoms with E-state index in [0.29, 0.717) is 31.3 Å². The Morgan fingerprint density at radius 2 is 1.83 bits per heavy atom. The molecule has 29 heavy (non-hydrogen) atoms. The van der Waals surface area contributed by atoms with Gasteiger partial charge in [-0.25, -0.2) is 0 Å². The number of nitrogens with one attached hydrogen (secondary N) is 2. The van der Waals surface area contributed by atoms with Gasteiger partial charge < -0.3 is 24.6 Å². The molecule has 2 amide bonds. The lowest BCUT2D eigenvalue weighted by Crippen LogP contribution is -2.37. The fraction of sp³-hybridized carbons (Fsp3) is 0.450. The van der Waals surface area contributed by atoms with Gasteiger partial charge in [-0.05, 0) is 24.6 Å². The van der Waals surface area contributed by atoms with Gasteiger partial charge in [0, 0.05) is 18.0 Å². The number of fused-ring (bicyclic) bond motifs is 1. The number of carbonyl (C=O) groups is 2. The number of aryl methyl sites for hydroxylation is 1. The van der Waals surface area contributed by atoms with Crippen LogP contribution in [0.15, 0.2) is 28.8 Å². The molecule has 0 saturated heterocycles. The third kappa shape index (κ3) is 5.90. The van der Waals surface area contributed by atoms with E-state index in [-0.39, 0.29) is 28.7 Å². The van der Waals surface area contributed by atoms with Gasteiger partial charge in [0.2, 0.25) is 11.8 Å². The molecule has 0 aliphatic carbocycles. The number of anilines is 1. The number of thioether (sulfide) groups is 1. The third-order valence-electron chi connectivity index (χ3n) is 4.41. The molecule has 156 valence electrons. The first kappa shape index (κ1) is 21.0. The second-order valence-electron chi connectivity index (χ2n) is 7.38. The summed E-state index contributed by atoms with van der Waals surface area (Å²) in [6.07, 6.45) is 0. The summed E-state index contributed by atoms with van der Waals surface area (Å²) in [4.78, 5) is 24.0. The maximum Gasteiger partial charge on any atom is 0.235 e. The molecule has 1 aromatic carbocycles. The summed E-state index contributed by atoms with van der Waals surface area (Å²) in [7, 11) is 0. The van der Waals surface area contributed by atoms with E-state index >= 15 is 0 Å². The molecule has 0 saturated carbocycles. The minimum Gasteiger partial charge on any atom is -0.486 e. The van der Waals surface area contributed by atoms with Crippen LogP contribution >= 0.6 is 11.8 Å². The van der Waals surface area contributed by atoms with Gasteiger partial charge in [0.05, 0.1) is 11.5 Å². The van der Waals surface area contributed by atoms with E-state index in [1.165, 1.54) is 11.8 Å². The standard InChI is InChI=1S/C20H25N3O5S/c1-13-8-17(23-28-13)22-19(25)11-29-10-18(24)21-12-20(2,3)14-4-5-15-16(9-14)27-7-6-26-15/h4-5,8-9H,6-7,10-12H2,1-3H3,(H,21,24)(H,22,23,25). The zero-order chi connectivity index (χ0) is 20.9. The van der Waals surface area contributed by atoms with Crippen LogP contribution in [0.3, 0.4) is 0 Å². The van der Waals surface area contributed by atoms with Crippen molar-refractivity contribution in [1.29, 1.82) is 0 Å². The number of nitrogens with zero attached hydrogens (tertiary/aromatic N) is 1. The van der Waals surface area contributed by atoms with Gasteiger partial charge in [-0.1, -0.05) is 25.1 Å². The average Bonchev–Trinajstić information content (AvgIpc) is 3.10. The van der Waals surface area contributed by atoms with Crippen molar-refractivity contribution in [3.05, 3.63) is 35.6 Å². The van der Waals surface area contributed by atoms with Crippen LogP contribution < -0.4 is 20.1 Å². The van der Waals surface area contributed by atoms with Crippen molar-refractivity contribution in [3.8, 4) is 11.5 Å². The monoisotopic (exact) mass is 419 g/mol. The van der Waals surface area contributed by atoms with Crippen LogP contribution in [-0.4, -0.2) is 48.2 Å². The average molecular weight is 420 g/mol. The number of aromatic nitrogens is 1. The summed E-state index contributed by atoms with van der Waals surface area (Å²) in [5, 5.41) is 9.26. The van der Waals surface area contributed by atoms with E-state index in [4.69, 9.17) is 14.0 Å². The number of carbonyl (C=O) groups excluding carboxylic acids is 2. The molecule has 2 aromatic rings. The molecule has 8 nitrogen and oxygen atoms in total. The Labute approximate surface area is 173 Å². The van der Waals surface area contributed by atoms with Crippen LogP contribution in [0.2, 0.25) is 0 Å². The molecule has 3 rings (SSSR count). The van der Waals surface area contributed by atoms with Gasteiger partial charge in [-0.2, -0.15) is 0 Å².